The molecule has 6 nitrogen and oxygen atoms in total. The molecule has 3 rings (SSSR count). The van der Waals surface area contributed by atoms with Crippen LogP contribution < -0.4 is 0 Å². The van der Waals surface area contributed by atoms with Gasteiger partial charge < -0.3 is 0 Å². The van der Waals surface area contributed by atoms with Crippen molar-refractivity contribution in [2.24, 2.45) is 0 Å². The third kappa shape index (κ3) is 3.68. The van der Waals surface area contributed by atoms with Crippen LogP contribution in [0.25, 0.3) is 0 Å². The third-order valence-corrected chi connectivity index (χ3v) is 6.54. The Balaban J connectivity index is 1.62. The number of aryl methyl sites for hydroxylation is 2. The highest BCUT2D eigenvalue weighted by atomic mass is 32.2. The Hall–Kier alpha value is -1.70. The topological polar surface area (TPSA) is 58.4 Å². The van der Waals surface area contributed by atoms with Crippen molar-refractivity contribution in [3.05, 3.63) is 47.8 Å². The van der Waals surface area contributed by atoms with E-state index >= 15 is 0 Å². The first kappa shape index (κ1) is 17.1. The fourth-order valence-electron chi connectivity index (χ4n) is 2.99. The van der Waals surface area contributed by atoms with Crippen molar-refractivity contribution in [3.63, 3.8) is 0 Å². The molecular formula is C17H24N4O2S. The van der Waals surface area contributed by atoms with E-state index in [1.807, 2.05) is 42.9 Å². The second-order valence-corrected chi connectivity index (χ2v) is 8.19. The summed E-state index contributed by atoms with van der Waals surface area (Å²) in [6.07, 6.45) is 3.72. The zero-order valence-corrected chi connectivity index (χ0v) is 15.0. The molecule has 2 heterocycles. The Labute approximate surface area is 143 Å². The molecular weight excluding hydrogens is 324 g/mol. The van der Waals surface area contributed by atoms with Gasteiger partial charge in [0, 0.05) is 45.1 Å². The lowest BCUT2D eigenvalue weighted by atomic mass is 10.2. The van der Waals surface area contributed by atoms with Gasteiger partial charge in [-0.3, -0.25) is 9.58 Å². The molecule has 0 amide bonds. The monoisotopic (exact) mass is 348 g/mol. The molecule has 0 atom stereocenters. The van der Waals surface area contributed by atoms with Crippen LogP contribution in [-0.4, -0.2) is 60.1 Å². The summed E-state index contributed by atoms with van der Waals surface area (Å²) in [4.78, 5) is 2.73. The smallest absolute Gasteiger partial charge is 0.243 e. The van der Waals surface area contributed by atoms with E-state index in [4.69, 9.17) is 0 Å². The normalized spacial score (nSPS) is 17.2. The van der Waals surface area contributed by atoms with Crippen molar-refractivity contribution in [1.29, 1.82) is 0 Å². The maximum absolute atomic E-state index is 12.9. The van der Waals surface area contributed by atoms with Crippen LogP contribution in [0.4, 0.5) is 0 Å². The van der Waals surface area contributed by atoms with Crippen molar-refractivity contribution in [2.75, 3.05) is 32.7 Å². The number of aromatic nitrogens is 2. The van der Waals surface area contributed by atoms with Crippen LogP contribution in [0.15, 0.2) is 41.6 Å². The summed E-state index contributed by atoms with van der Waals surface area (Å²) < 4.78 is 29.3. The van der Waals surface area contributed by atoms with Crippen molar-refractivity contribution >= 4 is 10.0 Å². The predicted octanol–water partition coefficient (Wildman–Crippen LogP) is 1.51. The number of sulfonamides is 1. The molecule has 1 aromatic carbocycles. The molecule has 1 fully saturated rings. The van der Waals surface area contributed by atoms with Gasteiger partial charge in [0.1, 0.15) is 0 Å². The molecule has 0 N–H and O–H groups in total. The highest BCUT2D eigenvalue weighted by molar-refractivity contribution is 7.89. The third-order valence-electron chi connectivity index (χ3n) is 4.50. The minimum Gasteiger partial charge on any atom is -0.299 e. The molecule has 1 aliphatic rings. The summed E-state index contributed by atoms with van der Waals surface area (Å²) in [5.41, 5.74) is 1.78. The maximum Gasteiger partial charge on any atom is 0.243 e. The quantitative estimate of drug-likeness (QED) is 0.822. The second kappa shape index (κ2) is 7.04. The van der Waals surface area contributed by atoms with Gasteiger partial charge in [-0.2, -0.15) is 9.40 Å². The van der Waals surface area contributed by atoms with Gasteiger partial charge in [-0.15, -0.1) is 0 Å². The molecule has 7 heteroatoms. The number of rotatable bonds is 5. The minimum absolute atomic E-state index is 0.437. The molecule has 0 radical (unpaired) electrons. The first-order chi connectivity index (χ1) is 11.5. The van der Waals surface area contributed by atoms with Crippen LogP contribution in [0.5, 0.6) is 0 Å². The van der Waals surface area contributed by atoms with E-state index in [0.29, 0.717) is 18.0 Å². The van der Waals surface area contributed by atoms with Crippen LogP contribution in [0, 0.1) is 13.8 Å². The zero-order chi connectivity index (χ0) is 17.2. The van der Waals surface area contributed by atoms with Crippen LogP contribution in [0.2, 0.25) is 0 Å². The average molecular weight is 348 g/mol. The zero-order valence-electron chi connectivity index (χ0n) is 14.2. The van der Waals surface area contributed by atoms with E-state index in [1.54, 1.807) is 16.6 Å². The molecule has 0 saturated carbocycles. The van der Waals surface area contributed by atoms with E-state index in [1.165, 1.54) is 0 Å². The Morgan fingerprint density at radius 2 is 1.83 bits per heavy atom. The Morgan fingerprint density at radius 3 is 2.50 bits per heavy atom. The van der Waals surface area contributed by atoms with Crippen LogP contribution >= 0.6 is 0 Å². The van der Waals surface area contributed by atoms with Gasteiger partial charge in [0.2, 0.25) is 10.0 Å². The van der Waals surface area contributed by atoms with E-state index < -0.39 is 10.0 Å². The first-order valence-electron chi connectivity index (χ1n) is 8.24. The molecule has 1 saturated heterocycles. The minimum atomic E-state index is -3.41. The van der Waals surface area contributed by atoms with Crippen LogP contribution in [-0.2, 0) is 16.6 Å². The number of benzene rings is 1. The lowest BCUT2D eigenvalue weighted by molar-refractivity contribution is 0.181. The highest BCUT2D eigenvalue weighted by Gasteiger charge is 2.29. The summed E-state index contributed by atoms with van der Waals surface area (Å²) in [5, 5.41) is 4.20. The Kier molecular flexibility index (Phi) is 5.03. The van der Waals surface area contributed by atoms with Gasteiger partial charge in [-0.1, -0.05) is 12.1 Å². The molecule has 1 aromatic heterocycles. The van der Waals surface area contributed by atoms with Crippen molar-refractivity contribution < 1.29 is 8.42 Å². The lowest BCUT2D eigenvalue weighted by Crippen LogP contribution is -2.49. The number of hydrogen-bond donors (Lipinski definition) is 0. The summed E-state index contributed by atoms with van der Waals surface area (Å²) in [6, 6.07) is 7.51. The fraction of sp³-hybridized carbons (Fsp3) is 0.471. The molecule has 0 spiro atoms. The number of hydrogen-bond acceptors (Lipinski definition) is 4. The van der Waals surface area contributed by atoms with Crippen LogP contribution in [0.1, 0.15) is 11.1 Å². The highest BCUT2D eigenvalue weighted by Crippen LogP contribution is 2.22. The van der Waals surface area contributed by atoms with Gasteiger partial charge in [0.05, 0.1) is 11.4 Å². The van der Waals surface area contributed by atoms with E-state index in [-0.39, 0.29) is 0 Å². The molecule has 1 aliphatic heterocycles. The Bertz CT molecular complexity index is 779. The SMILES string of the molecule is Cc1ccc(C)c(S(=O)(=O)N2CCN(CCn3cccn3)CC2)c1. The predicted molar refractivity (Wildman–Crippen MR) is 93.3 cm³/mol. The molecule has 0 unspecified atom stereocenters. The van der Waals surface area contributed by atoms with E-state index in [0.717, 1.165) is 37.3 Å². The number of nitrogens with zero attached hydrogens (tertiary/aromatic N) is 4. The fourth-order valence-corrected chi connectivity index (χ4v) is 4.73. The van der Waals surface area contributed by atoms with Crippen molar-refractivity contribution in [3.8, 4) is 0 Å². The second-order valence-electron chi connectivity index (χ2n) is 6.28. The summed E-state index contributed by atoms with van der Waals surface area (Å²) >= 11 is 0. The standard InChI is InChI=1S/C17H24N4O2S/c1-15-4-5-16(2)17(14-15)24(22,23)21-12-9-19(10-13-21)8-11-20-7-3-6-18-20/h3-7,14H,8-13H2,1-2H3. The molecule has 0 bridgehead atoms. The summed E-state index contributed by atoms with van der Waals surface area (Å²) in [7, 11) is -3.41. The van der Waals surface area contributed by atoms with Crippen molar-refractivity contribution in [2.45, 2.75) is 25.3 Å². The summed E-state index contributed by atoms with van der Waals surface area (Å²) in [6.45, 7) is 8.08. The first-order valence-corrected chi connectivity index (χ1v) is 9.68. The van der Waals surface area contributed by atoms with E-state index in [9.17, 15) is 8.42 Å². The van der Waals surface area contributed by atoms with Gasteiger partial charge >= 0.3 is 0 Å². The van der Waals surface area contributed by atoms with Gasteiger partial charge in [-0.05, 0) is 37.1 Å². The molecule has 2 aromatic rings. The van der Waals surface area contributed by atoms with Gasteiger partial charge in [0.15, 0.2) is 0 Å². The van der Waals surface area contributed by atoms with Gasteiger partial charge in [0.25, 0.3) is 0 Å². The average Bonchev–Trinajstić information content (AvgIpc) is 3.09. The Morgan fingerprint density at radius 1 is 1.08 bits per heavy atom. The van der Waals surface area contributed by atoms with Crippen LogP contribution in [0.3, 0.4) is 0 Å². The largest absolute Gasteiger partial charge is 0.299 e. The molecule has 0 aliphatic carbocycles. The van der Waals surface area contributed by atoms with E-state index in [2.05, 4.69) is 10.00 Å². The van der Waals surface area contributed by atoms with Gasteiger partial charge in [-0.25, -0.2) is 8.42 Å². The lowest BCUT2D eigenvalue weighted by Gasteiger charge is -2.34. The summed E-state index contributed by atoms with van der Waals surface area (Å²) in [5.74, 6) is 0. The van der Waals surface area contributed by atoms with Crippen molar-refractivity contribution in [1.82, 2.24) is 19.0 Å². The molecule has 130 valence electrons. The maximum atomic E-state index is 12.9. The number of piperazine rings is 1. The molecule has 24 heavy (non-hydrogen) atoms.